The number of hydrogen-bond acceptors (Lipinski definition) is 5. The third-order valence-electron chi connectivity index (χ3n) is 4.31. The van der Waals surface area contributed by atoms with E-state index in [0.29, 0.717) is 0 Å². The maximum atomic E-state index is 4.53. The number of aryl methyl sites for hydroxylation is 1. The van der Waals surface area contributed by atoms with Crippen LogP contribution < -0.4 is 9.80 Å². The number of piperazine rings is 1. The summed E-state index contributed by atoms with van der Waals surface area (Å²) in [4.78, 5) is 18.1. The molecule has 3 heterocycles. The quantitative estimate of drug-likeness (QED) is 0.728. The fraction of sp³-hybridized carbons (Fsp3) is 0.278. The number of nitrogens with zero attached hydrogens (tertiary/aromatic N) is 5. The predicted molar refractivity (Wildman–Crippen MR) is 92.9 cm³/mol. The van der Waals surface area contributed by atoms with E-state index in [0.717, 1.165) is 43.3 Å². The smallest absolute Gasteiger partial charge is 0.225 e. The second-order valence-electron chi connectivity index (χ2n) is 5.82. The van der Waals surface area contributed by atoms with Crippen molar-refractivity contribution in [3.05, 3.63) is 54.5 Å². The minimum atomic E-state index is 0.837. The Kier molecular flexibility index (Phi) is 3.54. The standard InChI is InChI=1S/C18H19N5/c1-14-6-8-20-18(21-14)23-12-10-22(11-13-23)17-7-9-19-16-5-3-2-4-15(16)17/h2-9H,10-13H2,1H3. The van der Waals surface area contributed by atoms with Crippen molar-refractivity contribution in [3.8, 4) is 0 Å². The Bertz CT molecular complexity index is 819. The maximum Gasteiger partial charge on any atom is 0.225 e. The van der Waals surface area contributed by atoms with E-state index in [1.54, 1.807) is 0 Å². The van der Waals surface area contributed by atoms with Crippen LogP contribution in [-0.2, 0) is 0 Å². The van der Waals surface area contributed by atoms with Gasteiger partial charge in [-0.1, -0.05) is 18.2 Å². The van der Waals surface area contributed by atoms with Crippen LogP contribution in [0.5, 0.6) is 0 Å². The first-order valence-electron chi connectivity index (χ1n) is 7.94. The molecule has 0 N–H and O–H groups in total. The van der Waals surface area contributed by atoms with E-state index in [9.17, 15) is 0 Å². The number of pyridine rings is 1. The lowest BCUT2D eigenvalue weighted by molar-refractivity contribution is 0.640. The van der Waals surface area contributed by atoms with Gasteiger partial charge in [0.15, 0.2) is 0 Å². The number of anilines is 2. The van der Waals surface area contributed by atoms with Crippen LogP contribution in [0.4, 0.5) is 11.6 Å². The highest BCUT2D eigenvalue weighted by molar-refractivity contribution is 5.91. The molecule has 0 unspecified atom stereocenters. The highest BCUT2D eigenvalue weighted by Gasteiger charge is 2.20. The minimum Gasteiger partial charge on any atom is -0.367 e. The highest BCUT2D eigenvalue weighted by Crippen LogP contribution is 2.26. The number of benzene rings is 1. The summed E-state index contributed by atoms with van der Waals surface area (Å²) in [5.74, 6) is 0.837. The van der Waals surface area contributed by atoms with Gasteiger partial charge in [0.25, 0.3) is 0 Å². The molecule has 3 aromatic rings. The minimum absolute atomic E-state index is 0.837. The van der Waals surface area contributed by atoms with Gasteiger partial charge in [0.2, 0.25) is 5.95 Å². The average Bonchev–Trinajstić information content (AvgIpc) is 2.61. The molecule has 1 aromatic carbocycles. The van der Waals surface area contributed by atoms with Crippen molar-refractivity contribution >= 4 is 22.5 Å². The van der Waals surface area contributed by atoms with Crippen LogP contribution in [0, 0.1) is 6.92 Å². The van der Waals surface area contributed by atoms with E-state index in [-0.39, 0.29) is 0 Å². The summed E-state index contributed by atoms with van der Waals surface area (Å²) in [5.41, 5.74) is 3.33. The summed E-state index contributed by atoms with van der Waals surface area (Å²) in [5, 5.41) is 1.22. The molecule has 116 valence electrons. The molecule has 1 aliphatic rings. The first-order valence-corrected chi connectivity index (χ1v) is 7.94. The van der Waals surface area contributed by atoms with Gasteiger partial charge in [-0.2, -0.15) is 0 Å². The van der Waals surface area contributed by atoms with Crippen molar-refractivity contribution in [2.75, 3.05) is 36.0 Å². The fourth-order valence-corrected chi connectivity index (χ4v) is 3.09. The van der Waals surface area contributed by atoms with Crippen LogP contribution in [0.15, 0.2) is 48.8 Å². The van der Waals surface area contributed by atoms with Crippen molar-refractivity contribution < 1.29 is 0 Å². The fourth-order valence-electron chi connectivity index (χ4n) is 3.09. The second-order valence-corrected chi connectivity index (χ2v) is 5.82. The number of para-hydroxylation sites is 1. The normalized spacial score (nSPS) is 15.2. The Labute approximate surface area is 135 Å². The molecule has 5 nitrogen and oxygen atoms in total. The topological polar surface area (TPSA) is 45.2 Å². The molecule has 0 atom stereocenters. The van der Waals surface area contributed by atoms with Gasteiger partial charge in [0, 0.05) is 55.3 Å². The van der Waals surface area contributed by atoms with Gasteiger partial charge in [-0.25, -0.2) is 9.97 Å². The molecular formula is C18H19N5. The molecule has 4 rings (SSSR count). The number of rotatable bonds is 2. The van der Waals surface area contributed by atoms with E-state index in [1.807, 2.05) is 31.5 Å². The van der Waals surface area contributed by atoms with Gasteiger partial charge < -0.3 is 9.80 Å². The summed E-state index contributed by atoms with van der Waals surface area (Å²) in [6.45, 7) is 5.79. The molecule has 1 aliphatic heterocycles. The Morgan fingerprint density at radius 1 is 0.826 bits per heavy atom. The summed E-state index contributed by atoms with van der Waals surface area (Å²) in [7, 11) is 0. The van der Waals surface area contributed by atoms with Crippen LogP contribution in [0.2, 0.25) is 0 Å². The van der Waals surface area contributed by atoms with Crippen LogP contribution in [0.3, 0.4) is 0 Å². The third kappa shape index (κ3) is 2.70. The second kappa shape index (κ2) is 5.83. The van der Waals surface area contributed by atoms with Gasteiger partial charge in [-0.15, -0.1) is 0 Å². The van der Waals surface area contributed by atoms with Crippen molar-refractivity contribution in [1.29, 1.82) is 0 Å². The first-order chi connectivity index (χ1) is 11.3. The van der Waals surface area contributed by atoms with Crippen LogP contribution in [0.25, 0.3) is 10.9 Å². The molecule has 0 aliphatic carbocycles. The first kappa shape index (κ1) is 13.9. The molecule has 5 heteroatoms. The van der Waals surface area contributed by atoms with Gasteiger partial charge in [0.1, 0.15) is 0 Å². The summed E-state index contributed by atoms with van der Waals surface area (Å²) in [6, 6.07) is 12.4. The molecule has 0 saturated carbocycles. The molecular weight excluding hydrogens is 286 g/mol. The van der Waals surface area contributed by atoms with Crippen molar-refractivity contribution in [3.63, 3.8) is 0 Å². The monoisotopic (exact) mass is 305 g/mol. The third-order valence-corrected chi connectivity index (χ3v) is 4.31. The number of aromatic nitrogens is 3. The van der Waals surface area contributed by atoms with Gasteiger partial charge in [-0.05, 0) is 25.1 Å². The summed E-state index contributed by atoms with van der Waals surface area (Å²) >= 11 is 0. The Balaban J connectivity index is 1.55. The molecule has 1 saturated heterocycles. The van der Waals surface area contributed by atoms with Crippen molar-refractivity contribution in [2.24, 2.45) is 0 Å². The molecule has 0 amide bonds. The van der Waals surface area contributed by atoms with Crippen LogP contribution >= 0.6 is 0 Å². The lowest BCUT2D eigenvalue weighted by atomic mass is 10.1. The van der Waals surface area contributed by atoms with Crippen molar-refractivity contribution in [2.45, 2.75) is 6.92 Å². The zero-order chi connectivity index (χ0) is 15.6. The predicted octanol–water partition coefficient (Wildman–Crippen LogP) is 2.66. The van der Waals surface area contributed by atoms with E-state index in [4.69, 9.17) is 0 Å². The van der Waals surface area contributed by atoms with E-state index in [2.05, 4.69) is 49.0 Å². The van der Waals surface area contributed by atoms with Crippen LogP contribution in [0.1, 0.15) is 5.69 Å². The van der Waals surface area contributed by atoms with E-state index in [1.165, 1.54) is 11.1 Å². The summed E-state index contributed by atoms with van der Waals surface area (Å²) < 4.78 is 0. The van der Waals surface area contributed by atoms with Crippen LogP contribution in [-0.4, -0.2) is 41.1 Å². The van der Waals surface area contributed by atoms with E-state index >= 15 is 0 Å². The molecule has 0 radical (unpaired) electrons. The highest BCUT2D eigenvalue weighted by atomic mass is 15.3. The zero-order valence-corrected chi connectivity index (χ0v) is 13.2. The number of hydrogen-bond donors (Lipinski definition) is 0. The van der Waals surface area contributed by atoms with Gasteiger partial charge in [-0.3, -0.25) is 4.98 Å². The van der Waals surface area contributed by atoms with E-state index < -0.39 is 0 Å². The largest absolute Gasteiger partial charge is 0.367 e. The molecule has 0 bridgehead atoms. The summed E-state index contributed by atoms with van der Waals surface area (Å²) in [6.07, 6.45) is 3.73. The Morgan fingerprint density at radius 3 is 2.39 bits per heavy atom. The maximum absolute atomic E-state index is 4.53. The molecule has 23 heavy (non-hydrogen) atoms. The Hall–Kier alpha value is -2.69. The number of fused-ring (bicyclic) bond motifs is 1. The van der Waals surface area contributed by atoms with Gasteiger partial charge >= 0.3 is 0 Å². The van der Waals surface area contributed by atoms with Crippen molar-refractivity contribution in [1.82, 2.24) is 15.0 Å². The Morgan fingerprint density at radius 2 is 1.57 bits per heavy atom. The van der Waals surface area contributed by atoms with Gasteiger partial charge in [0.05, 0.1) is 5.52 Å². The zero-order valence-electron chi connectivity index (χ0n) is 13.2. The lowest BCUT2D eigenvalue weighted by Gasteiger charge is -2.36. The average molecular weight is 305 g/mol. The molecule has 1 fully saturated rings. The molecule has 0 spiro atoms. The lowest BCUT2D eigenvalue weighted by Crippen LogP contribution is -2.47. The molecule has 2 aromatic heterocycles. The SMILES string of the molecule is Cc1ccnc(N2CCN(c3ccnc4ccccc34)CC2)n1.